The van der Waals surface area contributed by atoms with Gasteiger partial charge in [0.1, 0.15) is 0 Å². The lowest BCUT2D eigenvalue weighted by Crippen LogP contribution is -2.34. The number of hydrogen-bond acceptors (Lipinski definition) is 6. The third-order valence-electron chi connectivity index (χ3n) is 5.61. The zero-order valence-electron chi connectivity index (χ0n) is 18.3. The number of rotatable bonds is 9. The number of thiazole rings is 1. The van der Waals surface area contributed by atoms with Gasteiger partial charge in [0.2, 0.25) is 5.78 Å². The van der Waals surface area contributed by atoms with Gasteiger partial charge >= 0.3 is 0 Å². The second-order valence-electron chi connectivity index (χ2n) is 7.57. The zero-order chi connectivity index (χ0) is 22.7. The minimum atomic E-state index is -0.619. The van der Waals surface area contributed by atoms with E-state index in [0.29, 0.717) is 17.1 Å². The molecule has 2 heterocycles. The number of carbonyl (C=O) groups is 2. The molecule has 0 saturated carbocycles. The molecule has 0 spiro atoms. The van der Waals surface area contributed by atoms with Crippen molar-refractivity contribution in [2.24, 2.45) is 0 Å². The van der Waals surface area contributed by atoms with Crippen molar-refractivity contribution in [1.29, 1.82) is 0 Å². The van der Waals surface area contributed by atoms with Crippen LogP contribution in [-0.4, -0.2) is 57.8 Å². The summed E-state index contributed by atoms with van der Waals surface area (Å²) in [6.07, 6.45) is 0.758. The third kappa shape index (κ3) is 4.91. The van der Waals surface area contributed by atoms with Crippen LogP contribution >= 0.6 is 27.3 Å². The number of amides is 1. The number of nitrogens with zero attached hydrogens (tertiary/aromatic N) is 3. The molecule has 0 aliphatic carbocycles. The Morgan fingerprint density at radius 1 is 1.23 bits per heavy atom. The highest BCUT2D eigenvalue weighted by Gasteiger charge is 2.44. The van der Waals surface area contributed by atoms with E-state index >= 15 is 0 Å². The SMILES string of the molecule is CCN(CC)CCCN1C(=O)C(O)=C(C(=O)c2sc(C)nc2C)[C@H]1c1ccc(Br)cc1. The van der Waals surface area contributed by atoms with Gasteiger partial charge in [-0.2, -0.15) is 0 Å². The van der Waals surface area contributed by atoms with Gasteiger partial charge in [0.25, 0.3) is 5.91 Å². The van der Waals surface area contributed by atoms with Crippen molar-refractivity contribution in [3.63, 3.8) is 0 Å². The average molecular weight is 506 g/mol. The minimum Gasteiger partial charge on any atom is -0.503 e. The molecule has 0 saturated heterocycles. The van der Waals surface area contributed by atoms with Crippen LogP contribution in [-0.2, 0) is 4.79 Å². The molecule has 1 amide bonds. The Morgan fingerprint density at radius 2 is 1.87 bits per heavy atom. The number of carbonyl (C=O) groups excluding carboxylic acids is 2. The van der Waals surface area contributed by atoms with E-state index in [0.717, 1.165) is 41.1 Å². The smallest absolute Gasteiger partial charge is 0.290 e. The number of aliphatic hydroxyl groups excluding tert-OH is 1. The van der Waals surface area contributed by atoms with E-state index in [2.05, 4.69) is 39.7 Å². The Hall–Kier alpha value is -2.03. The molecule has 6 nitrogen and oxygen atoms in total. The van der Waals surface area contributed by atoms with Crippen LogP contribution in [0, 0.1) is 13.8 Å². The summed E-state index contributed by atoms with van der Waals surface area (Å²) < 4.78 is 0.906. The van der Waals surface area contributed by atoms with Gasteiger partial charge in [-0.05, 0) is 57.6 Å². The van der Waals surface area contributed by atoms with Gasteiger partial charge in [-0.25, -0.2) is 4.98 Å². The van der Waals surface area contributed by atoms with E-state index in [1.807, 2.05) is 31.2 Å². The second kappa shape index (κ2) is 10.1. The molecule has 0 unspecified atom stereocenters. The quantitative estimate of drug-likeness (QED) is 0.493. The molecule has 1 aromatic heterocycles. The summed E-state index contributed by atoms with van der Waals surface area (Å²) in [4.78, 5) is 35.2. The number of halogens is 1. The maximum Gasteiger partial charge on any atom is 0.290 e. The first-order chi connectivity index (χ1) is 14.8. The number of Topliss-reactive ketones (excluding diaryl/α,β-unsaturated/α-hetero) is 1. The monoisotopic (exact) mass is 505 g/mol. The molecule has 2 aromatic rings. The van der Waals surface area contributed by atoms with Gasteiger partial charge in [0.15, 0.2) is 5.76 Å². The molecule has 0 radical (unpaired) electrons. The number of aliphatic hydroxyl groups is 1. The molecule has 1 aromatic carbocycles. The van der Waals surface area contributed by atoms with Crippen molar-refractivity contribution in [2.75, 3.05) is 26.2 Å². The lowest BCUT2D eigenvalue weighted by atomic mass is 9.95. The summed E-state index contributed by atoms with van der Waals surface area (Å²) in [6, 6.07) is 6.92. The van der Waals surface area contributed by atoms with Crippen LogP contribution in [0.1, 0.15) is 52.2 Å². The van der Waals surface area contributed by atoms with Gasteiger partial charge in [-0.15, -0.1) is 11.3 Å². The van der Waals surface area contributed by atoms with Gasteiger partial charge < -0.3 is 14.9 Å². The first-order valence-corrected chi connectivity index (χ1v) is 12.1. The number of hydrogen-bond donors (Lipinski definition) is 1. The standard InChI is InChI=1S/C23H28BrN3O3S/c1-5-26(6-2)12-7-13-27-19(16-8-10-17(24)11-9-16)18(21(29)23(27)30)20(28)22-14(3)25-15(4)31-22/h8-11,19,29H,5-7,12-13H2,1-4H3/t19-/m1/s1. The number of aromatic nitrogens is 1. The second-order valence-corrected chi connectivity index (χ2v) is 9.69. The molecular formula is C23H28BrN3O3S. The van der Waals surface area contributed by atoms with Crippen LogP contribution in [0.25, 0.3) is 0 Å². The highest BCUT2D eigenvalue weighted by Crippen LogP contribution is 2.40. The topological polar surface area (TPSA) is 73.7 Å². The lowest BCUT2D eigenvalue weighted by molar-refractivity contribution is -0.129. The van der Waals surface area contributed by atoms with E-state index in [-0.39, 0.29) is 11.4 Å². The number of benzene rings is 1. The van der Waals surface area contributed by atoms with Crippen molar-refractivity contribution in [3.8, 4) is 0 Å². The number of ketones is 1. The fourth-order valence-electron chi connectivity index (χ4n) is 3.98. The van der Waals surface area contributed by atoms with Gasteiger partial charge in [0, 0.05) is 11.0 Å². The van der Waals surface area contributed by atoms with Crippen LogP contribution < -0.4 is 0 Å². The molecule has 1 N–H and O–H groups in total. The van der Waals surface area contributed by atoms with Gasteiger partial charge in [-0.1, -0.05) is 41.9 Å². The third-order valence-corrected chi connectivity index (χ3v) is 7.21. The summed E-state index contributed by atoms with van der Waals surface area (Å²) in [5.41, 5.74) is 1.56. The molecule has 1 atom stereocenters. The van der Waals surface area contributed by atoms with Crippen molar-refractivity contribution in [3.05, 3.63) is 61.2 Å². The Bertz CT molecular complexity index is 996. The Labute approximate surface area is 195 Å². The van der Waals surface area contributed by atoms with E-state index in [9.17, 15) is 14.7 Å². The van der Waals surface area contributed by atoms with Crippen molar-refractivity contribution >= 4 is 39.0 Å². The molecule has 0 fully saturated rings. The summed E-state index contributed by atoms with van der Waals surface area (Å²) in [6.45, 7) is 11.0. The van der Waals surface area contributed by atoms with E-state index < -0.39 is 17.7 Å². The maximum atomic E-state index is 13.5. The average Bonchev–Trinajstić information content (AvgIpc) is 3.21. The Kier molecular flexibility index (Phi) is 7.67. The van der Waals surface area contributed by atoms with E-state index in [1.54, 1.807) is 11.8 Å². The van der Waals surface area contributed by atoms with E-state index in [4.69, 9.17) is 0 Å². The summed E-state index contributed by atoms with van der Waals surface area (Å²) in [5, 5.41) is 11.6. The first-order valence-electron chi connectivity index (χ1n) is 10.5. The van der Waals surface area contributed by atoms with Crippen LogP contribution in [0.4, 0.5) is 0 Å². The molecule has 1 aliphatic rings. The molecule has 31 heavy (non-hydrogen) atoms. The zero-order valence-corrected chi connectivity index (χ0v) is 20.7. The van der Waals surface area contributed by atoms with E-state index in [1.165, 1.54) is 11.3 Å². The fraction of sp³-hybridized carbons (Fsp3) is 0.435. The Morgan fingerprint density at radius 3 is 2.42 bits per heavy atom. The summed E-state index contributed by atoms with van der Waals surface area (Å²) in [7, 11) is 0. The predicted octanol–water partition coefficient (Wildman–Crippen LogP) is 4.83. The van der Waals surface area contributed by atoms with Crippen LogP contribution in [0.3, 0.4) is 0 Å². The van der Waals surface area contributed by atoms with Gasteiger partial charge in [-0.3, -0.25) is 9.59 Å². The summed E-state index contributed by atoms with van der Waals surface area (Å²) >= 11 is 4.73. The molecule has 166 valence electrons. The fourth-order valence-corrected chi connectivity index (χ4v) is 5.11. The van der Waals surface area contributed by atoms with Crippen molar-refractivity contribution < 1.29 is 14.7 Å². The van der Waals surface area contributed by atoms with Crippen LogP contribution in [0.5, 0.6) is 0 Å². The highest BCUT2D eigenvalue weighted by molar-refractivity contribution is 9.10. The molecule has 1 aliphatic heterocycles. The predicted molar refractivity (Wildman–Crippen MR) is 127 cm³/mol. The van der Waals surface area contributed by atoms with Crippen molar-refractivity contribution in [1.82, 2.24) is 14.8 Å². The maximum absolute atomic E-state index is 13.5. The van der Waals surface area contributed by atoms with Gasteiger partial charge in [0.05, 0.1) is 27.2 Å². The minimum absolute atomic E-state index is 0.141. The molecular weight excluding hydrogens is 478 g/mol. The molecule has 8 heteroatoms. The summed E-state index contributed by atoms with van der Waals surface area (Å²) in [5.74, 6) is -1.27. The first kappa shape index (κ1) is 23.6. The number of aryl methyl sites for hydroxylation is 2. The van der Waals surface area contributed by atoms with Crippen molar-refractivity contribution in [2.45, 2.75) is 40.2 Å². The normalized spacial score (nSPS) is 16.6. The Balaban J connectivity index is 1.97. The van der Waals surface area contributed by atoms with Crippen LogP contribution in [0.15, 0.2) is 40.1 Å². The largest absolute Gasteiger partial charge is 0.503 e. The van der Waals surface area contributed by atoms with Crippen LogP contribution in [0.2, 0.25) is 0 Å². The molecule has 0 bridgehead atoms. The lowest BCUT2D eigenvalue weighted by Gasteiger charge is -2.28. The highest BCUT2D eigenvalue weighted by atomic mass is 79.9. The molecule has 3 rings (SSSR count).